The van der Waals surface area contributed by atoms with Crippen LogP contribution in [0.5, 0.6) is 0 Å². The van der Waals surface area contributed by atoms with Gasteiger partial charge in [-0.2, -0.15) is 0 Å². The number of pyridine rings is 1. The van der Waals surface area contributed by atoms with Crippen LogP contribution in [-0.2, 0) is 4.74 Å². The maximum absolute atomic E-state index is 10.1. The van der Waals surface area contributed by atoms with Gasteiger partial charge in [0, 0.05) is 19.1 Å². The fourth-order valence-electron chi connectivity index (χ4n) is 2.41. The van der Waals surface area contributed by atoms with Gasteiger partial charge in [-0.25, -0.2) is 4.98 Å². The number of aromatic amines is 1. The van der Waals surface area contributed by atoms with Crippen molar-refractivity contribution in [1.29, 1.82) is 0 Å². The van der Waals surface area contributed by atoms with E-state index in [1.54, 1.807) is 4.90 Å². The van der Waals surface area contributed by atoms with Crippen molar-refractivity contribution in [2.75, 3.05) is 32.8 Å². The monoisotopic (exact) mass is 322 g/mol. The van der Waals surface area contributed by atoms with E-state index in [0.29, 0.717) is 0 Å². The summed E-state index contributed by atoms with van der Waals surface area (Å²) in [6, 6.07) is 5.95. The van der Waals surface area contributed by atoms with Crippen LogP contribution in [-0.4, -0.2) is 38.0 Å². The number of ether oxygens (including phenoxy) is 1. The standard InChI is InChI=1S/C14H22N2O2.2ClH/c1-12-4-2-5-13(15-12)14(17)6-3-7-16-8-10-18-11-9-16;;/h2,4-5,14,17H,3,6-11H2,1H3;2*1H. The van der Waals surface area contributed by atoms with Crippen molar-refractivity contribution in [2.45, 2.75) is 25.9 Å². The Bertz CT molecular complexity index is 374. The lowest BCUT2D eigenvalue weighted by molar-refractivity contribution is -0.908. The molecule has 0 aromatic carbocycles. The summed E-state index contributed by atoms with van der Waals surface area (Å²) in [5.41, 5.74) is 2.01. The minimum absolute atomic E-state index is 0. The first-order chi connectivity index (χ1) is 8.75. The molecule has 0 saturated carbocycles. The van der Waals surface area contributed by atoms with Gasteiger partial charge >= 0.3 is 0 Å². The Morgan fingerprint density at radius 3 is 2.65 bits per heavy atom. The van der Waals surface area contributed by atoms with Gasteiger partial charge in [0.05, 0.1) is 19.8 Å². The van der Waals surface area contributed by atoms with Crippen LogP contribution >= 0.6 is 0 Å². The molecule has 0 radical (unpaired) electrons. The molecule has 116 valence electrons. The van der Waals surface area contributed by atoms with E-state index in [0.717, 1.165) is 57.1 Å². The van der Waals surface area contributed by atoms with Crippen molar-refractivity contribution in [3.63, 3.8) is 0 Å². The predicted octanol–water partition coefficient (Wildman–Crippen LogP) is -6.45. The maximum Gasteiger partial charge on any atom is 0.208 e. The number of aromatic nitrogens is 1. The van der Waals surface area contributed by atoms with Crippen LogP contribution in [0.2, 0.25) is 0 Å². The van der Waals surface area contributed by atoms with Gasteiger partial charge in [-0.15, -0.1) is 0 Å². The molecule has 1 fully saturated rings. The molecule has 20 heavy (non-hydrogen) atoms. The molecular formula is C14H24Cl2N2O2. The van der Waals surface area contributed by atoms with Crippen LogP contribution in [0.25, 0.3) is 0 Å². The van der Waals surface area contributed by atoms with Crippen molar-refractivity contribution in [1.82, 2.24) is 0 Å². The number of aryl methyl sites for hydroxylation is 1. The van der Waals surface area contributed by atoms with Crippen LogP contribution in [0.1, 0.15) is 30.3 Å². The average molecular weight is 323 g/mol. The summed E-state index contributed by atoms with van der Waals surface area (Å²) in [5, 5.41) is 10.1. The minimum atomic E-state index is -0.370. The highest BCUT2D eigenvalue weighted by molar-refractivity contribution is 5.03. The van der Waals surface area contributed by atoms with Gasteiger partial charge in [-0.1, -0.05) is 0 Å². The van der Waals surface area contributed by atoms with Crippen LogP contribution in [0.15, 0.2) is 18.2 Å². The Morgan fingerprint density at radius 2 is 2.00 bits per heavy atom. The highest BCUT2D eigenvalue weighted by Crippen LogP contribution is 2.12. The Balaban J connectivity index is 0.00000180. The molecule has 6 heteroatoms. The number of nitrogens with one attached hydrogen (secondary N) is 2. The predicted molar refractivity (Wildman–Crippen MR) is 68.3 cm³/mol. The molecule has 1 aromatic heterocycles. The summed E-state index contributed by atoms with van der Waals surface area (Å²) in [5.74, 6) is 0. The Labute approximate surface area is 133 Å². The van der Waals surface area contributed by atoms with Gasteiger partial charge in [-0.3, -0.25) is 0 Å². The molecule has 1 saturated heterocycles. The lowest BCUT2D eigenvalue weighted by atomic mass is 10.1. The lowest BCUT2D eigenvalue weighted by Crippen LogP contribution is -3.14. The number of halogens is 2. The molecule has 0 spiro atoms. The number of quaternary nitrogens is 1. The number of morpholine rings is 1. The third-order valence-corrected chi connectivity index (χ3v) is 3.53. The third-order valence-electron chi connectivity index (χ3n) is 3.53. The topological polar surface area (TPSA) is 48.0 Å². The van der Waals surface area contributed by atoms with Gasteiger partial charge in [-0.05, 0) is 18.9 Å². The highest BCUT2D eigenvalue weighted by atomic mass is 35.5. The normalized spacial score (nSPS) is 16.9. The van der Waals surface area contributed by atoms with Crippen molar-refractivity contribution in [3.8, 4) is 0 Å². The number of hydrogen-bond donors (Lipinski definition) is 2. The fourth-order valence-corrected chi connectivity index (χ4v) is 2.41. The Hall–Kier alpha value is -0.390. The van der Waals surface area contributed by atoms with E-state index >= 15 is 0 Å². The van der Waals surface area contributed by atoms with E-state index in [2.05, 4.69) is 4.98 Å². The molecule has 1 aromatic rings. The molecule has 1 unspecified atom stereocenters. The molecule has 3 N–H and O–H groups in total. The largest absolute Gasteiger partial charge is 1.00 e. The first kappa shape index (κ1) is 19.6. The second-order valence-corrected chi connectivity index (χ2v) is 5.06. The average Bonchev–Trinajstić information content (AvgIpc) is 2.40. The molecule has 1 atom stereocenters. The molecule has 0 bridgehead atoms. The van der Waals surface area contributed by atoms with Gasteiger partial charge in [0.25, 0.3) is 0 Å². The van der Waals surface area contributed by atoms with Crippen molar-refractivity contribution in [2.24, 2.45) is 0 Å². The van der Waals surface area contributed by atoms with Crippen molar-refractivity contribution >= 4 is 0 Å². The van der Waals surface area contributed by atoms with Crippen LogP contribution < -0.4 is 34.7 Å². The number of hydrogen-bond acceptors (Lipinski definition) is 2. The summed E-state index contributed by atoms with van der Waals surface area (Å²) in [4.78, 5) is 4.82. The minimum Gasteiger partial charge on any atom is -1.00 e. The quantitative estimate of drug-likeness (QED) is 0.566. The molecule has 0 aliphatic carbocycles. The van der Waals surface area contributed by atoms with Crippen LogP contribution in [0.4, 0.5) is 0 Å². The number of aliphatic hydroxyl groups excluding tert-OH is 1. The summed E-state index contributed by atoms with van der Waals surface area (Å²) >= 11 is 0. The molecular weight excluding hydrogens is 299 g/mol. The smallest absolute Gasteiger partial charge is 0.208 e. The van der Waals surface area contributed by atoms with Crippen LogP contribution in [0, 0.1) is 6.92 Å². The zero-order chi connectivity index (χ0) is 12.8. The number of H-pyrrole nitrogens is 1. The third kappa shape index (κ3) is 6.37. The second-order valence-electron chi connectivity index (χ2n) is 5.06. The lowest BCUT2D eigenvalue weighted by Gasteiger charge is -2.23. The van der Waals surface area contributed by atoms with E-state index in [1.807, 2.05) is 25.1 Å². The molecule has 1 aliphatic heterocycles. The van der Waals surface area contributed by atoms with Crippen molar-refractivity contribution < 1.29 is 44.5 Å². The summed E-state index contributed by atoms with van der Waals surface area (Å²) in [6.45, 7) is 7.10. The molecule has 2 rings (SSSR count). The summed E-state index contributed by atoms with van der Waals surface area (Å²) < 4.78 is 5.33. The van der Waals surface area contributed by atoms with Gasteiger partial charge < -0.3 is 39.6 Å². The number of rotatable bonds is 5. The zero-order valence-corrected chi connectivity index (χ0v) is 13.4. The van der Waals surface area contributed by atoms with Crippen molar-refractivity contribution in [3.05, 3.63) is 29.6 Å². The second kappa shape index (κ2) is 10.4. The first-order valence-electron chi connectivity index (χ1n) is 6.84. The molecule has 4 nitrogen and oxygen atoms in total. The highest BCUT2D eigenvalue weighted by Gasteiger charge is 2.17. The molecule has 1 aliphatic rings. The van der Waals surface area contributed by atoms with Gasteiger partial charge in [0.2, 0.25) is 5.69 Å². The molecule has 2 heterocycles. The Morgan fingerprint density at radius 1 is 1.30 bits per heavy atom. The van der Waals surface area contributed by atoms with E-state index in [9.17, 15) is 5.11 Å². The summed E-state index contributed by atoms with van der Waals surface area (Å²) in [6.07, 6.45) is 1.51. The maximum atomic E-state index is 10.1. The number of aliphatic hydroxyl groups is 1. The summed E-state index contributed by atoms with van der Waals surface area (Å²) in [7, 11) is 0. The van der Waals surface area contributed by atoms with E-state index in [4.69, 9.17) is 4.74 Å². The fraction of sp³-hybridized carbons (Fsp3) is 0.643. The van der Waals surface area contributed by atoms with Gasteiger partial charge in [0.15, 0.2) is 5.69 Å². The Kier molecular flexibility index (Phi) is 10.2. The van der Waals surface area contributed by atoms with E-state index < -0.39 is 0 Å². The first-order valence-corrected chi connectivity index (χ1v) is 6.84. The van der Waals surface area contributed by atoms with Gasteiger partial charge in [0.1, 0.15) is 19.2 Å². The molecule has 0 amide bonds. The SMILES string of the molecule is Cc1cccc(C(O)CCC[NH+]2CCOCC2)[nH+]1.[Cl-].[Cl-]. The van der Waals surface area contributed by atoms with E-state index in [1.165, 1.54) is 0 Å². The van der Waals surface area contributed by atoms with Crippen LogP contribution in [0.3, 0.4) is 0 Å². The zero-order valence-electron chi connectivity index (χ0n) is 11.9. The van der Waals surface area contributed by atoms with E-state index in [-0.39, 0.29) is 30.9 Å².